The van der Waals surface area contributed by atoms with E-state index in [9.17, 15) is 9.18 Å². The van der Waals surface area contributed by atoms with Gasteiger partial charge in [0, 0.05) is 18.3 Å². The fourth-order valence-corrected chi connectivity index (χ4v) is 3.37. The zero-order valence-electron chi connectivity index (χ0n) is 17.6. The van der Waals surface area contributed by atoms with Crippen molar-refractivity contribution in [2.24, 2.45) is 0 Å². The number of carbonyl (C=O) groups is 1. The Morgan fingerprint density at radius 3 is 2.74 bits per heavy atom. The summed E-state index contributed by atoms with van der Waals surface area (Å²) in [7, 11) is 0. The molecular formula is C23H23FN4O3. The molecule has 1 aromatic carbocycles. The normalized spacial score (nSPS) is 16.6. The number of hydrogen-bond acceptors (Lipinski definition) is 6. The van der Waals surface area contributed by atoms with E-state index in [2.05, 4.69) is 21.7 Å². The lowest BCUT2D eigenvalue weighted by molar-refractivity contribution is 0.0202. The molecule has 0 radical (unpaired) electrons. The van der Waals surface area contributed by atoms with Crippen LogP contribution in [0, 0.1) is 5.82 Å². The van der Waals surface area contributed by atoms with Gasteiger partial charge < -0.3 is 9.26 Å². The number of ether oxygens (including phenoxy) is 1. The quantitative estimate of drug-likeness (QED) is 0.541. The molecule has 1 saturated heterocycles. The van der Waals surface area contributed by atoms with Gasteiger partial charge in [-0.05, 0) is 51.0 Å². The second kappa shape index (κ2) is 7.94. The lowest BCUT2D eigenvalue weighted by Crippen LogP contribution is -2.36. The number of likely N-dealkylation sites (tertiary alicyclic amines) is 1. The first-order valence-corrected chi connectivity index (χ1v) is 9.92. The second-order valence-corrected chi connectivity index (χ2v) is 8.48. The Balaban J connectivity index is 1.54. The Morgan fingerprint density at radius 2 is 2.06 bits per heavy atom. The highest BCUT2D eigenvalue weighted by atomic mass is 19.1. The number of rotatable bonds is 3. The molecular weight excluding hydrogens is 399 g/mol. The van der Waals surface area contributed by atoms with Gasteiger partial charge in [0.05, 0.1) is 0 Å². The van der Waals surface area contributed by atoms with Crippen molar-refractivity contribution >= 4 is 6.09 Å². The third kappa shape index (κ3) is 4.63. The summed E-state index contributed by atoms with van der Waals surface area (Å²) >= 11 is 0. The third-order valence-electron chi connectivity index (χ3n) is 4.76. The Labute approximate surface area is 179 Å². The molecule has 4 rings (SSSR count). The van der Waals surface area contributed by atoms with Crippen molar-refractivity contribution in [2.75, 3.05) is 6.54 Å². The lowest BCUT2D eigenvalue weighted by Gasteiger charge is -2.26. The molecule has 1 atom stereocenters. The molecule has 0 aliphatic carbocycles. The topological polar surface area (TPSA) is 81.4 Å². The van der Waals surface area contributed by atoms with Gasteiger partial charge in [-0.3, -0.25) is 9.88 Å². The first kappa shape index (κ1) is 20.7. The van der Waals surface area contributed by atoms with Crippen molar-refractivity contribution in [1.82, 2.24) is 20.0 Å². The van der Waals surface area contributed by atoms with E-state index in [1.54, 1.807) is 23.2 Å². The predicted octanol–water partition coefficient (Wildman–Crippen LogP) is 5.18. The molecule has 0 saturated carbocycles. The Bertz CT molecular complexity index is 1120. The molecule has 0 unspecified atom stereocenters. The zero-order valence-corrected chi connectivity index (χ0v) is 17.6. The first-order chi connectivity index (χ1) is 14.7. The van der Waals surface area contributed by atoms with Gasteiger partial charge in [0.25, 0.3) is 0 Å². The molecule has 1 aliphatic rings. The van der Waals surface area contributed by atoms with Crippen molar-refractivity contribution in [3.05, 3.63) is 66.5 Å². The van der Waals surface area contributed by atoms with Crippen molar-refractivity contribution in [3.8, 4) is 22.6 Å². The van der Waals surface area contributed by atoms with Crippen LogP contribution in [0.1, 0.15) is 39.1 Å². The minimum Gasteiger partial charge on any atom is -0.444 e. The molecule has 0 N–H and O–H groups in total. The average molecular weight is 422 g/mol. The monoisotopic (exact) mass is 422 g/mol. The van der Waals surface area contributed by atoms with E-state index in [1.165, 1.54) is 12.1 Å². The van der Waals surface area contributed by atoms with E-state index in [0.717, 1.165) is 16.7 Å². The zero-order chi connectivity index (χ0) is 22.2. The molecule has 1 amide bonds. The molecule has 2 aromatic heterocycles. The molecule has 0 bridgehead atoms. The van der Waals surface area contributed by atoms with Crippen LogP contribution >= 0.6 is 0 Å². The van der Waals surface area contributed by atoms with Crippen molar-refractivity contribution < 1.29 is 18.4 Å². The SMILES string of the molecule is C=C1C[C@@H](c2nc(-c3ccc(-c4cccc(F)c4)cn3)no2)N(C(=O)OC(C)(C)C)C1. The maximum absolute atomic E-state index is 13.5. The average Bonchev–Trinajstić information content (AvgIpc) is 3.33. The van der Waals surface area contributed by atoms with Crippen LogP contribution in [0.3, 0.4) is 0 Å². The van der Waals surface area contributed by atoms with Crippen LogP contribution in [0.5, 0.6) is 0 Å². The number of carbonyl (C=O) groups excluding carboxylic acids is 1. The molecule has 31 heavy (non-hydrogen) atoms. The smallest absolute Gasteiger partial charge is 0.411 e. The molecule has 1 fully saturated rings. The standard InChI is InChI=1S/C23H23FN4O3/c1-14-10-19(28(13-14)22(29)30-23(2,3)4)21-26-20(27-31-21)18-9-8-16(12-25-18)15-6-5-7-17(24)11-15/h5-9,11-12,19H,1,10,13H2,2-4H3/t19-/m0/s1. The van der Waals surface area contributed by atoms with Gasteiger partial charge in [-0.25, -0.2) is 9.18 Å². The molecule has 3 heterocycles. The van der Waals surface area contributed by atoms with Gasteiger partial charge in [-0.1, -0.05) is 35.5 Å². The number of aromatic nitrogens is 3. The number of amides is 1. The van der Waals surface area contributed by atoms with Gasteiger partial charge in [0.2, 0.25) is 11.7 Å². The van der Waals surface area contributed by atoms with Gasteiger partial charge in [-0.2, -0.15) is 4.98 Å². The van der Waals surface area contributed by atoms with E-state index < -0.39 is 17.7 Å². The summed E-state index contributed by atoms with van der Waals surface area (Å²) in [5.41, 5.74) is 2.28. The van der Waals surface area contributed by atoms with Gasteiger partial charge in [-0.15, -0.1) is 0 Å². The Morgan fingerprint density at radius 1 is 1.26 bits per heavy atom. The molecule has 1 aliphatic heterocycles. The maximum Gasteiger partial charge on any atom is 0.411 e. The van der Waals surface area contributed by atoms with Gasteiger partial charge >= 0.3 is 6.09 Å². The summed E-state index contributed by atoms with van der Waals surface area (Å²) in [6.45, 7) is 9.81. The fourth-order valence-electron chi connectivity index (χ4n) is 3.37. The van der Waals surface area contributed by atoms with Gasteiger partial charge in [0.1, 0.15) is 23.2 Å². The minimum absolute atomic E-state index is 0.301. The minimum atomic E-state index is -0.612. The largest absolute Gasteiger partial charge is 0.444 e. The highest BCUT2D eigenvalue weighted by Gasteiger charge is 2.38. The highest BCUT2D eigenvalue weighted by molar-refractivity contribution is 5.70. The summed E-state index contributed by atoms with van der Waals surface area (Å²) < 4.78 is 24.4. The van der Waals surface area contributed by atoms with Gasteiger partial charge in [0.15, 0.2) is 0 Å². The van der Waals surface area contributed by atoms with Crippen LogP contribution < -0.4 is 0 Å². The summed E-state index contributed by atoms with van der Waals surface area (Å²) in [6, 6.07) is 9.42. The fraction of sp³-hybridized carbons (Fsp3) is 0.304. The van der Waals surface area contributed by atoms with Crippen LogP contribution in [-0.4, -0.2) is 38.3 Å². The van der Waals surface area contributed by atoms with Crippen LogP contribution in [0.2, 0.25) is 0 Å². The summed E-state index contributed by atoms with van der Waals surface area (Å²) in [5, 5.41) is 4.02. The van der Waals surface area contributed by atoms with E-state index >= 15 is 0 Å². The predicted molar refractivity (Wildman–Crippen MR) is 112 cm³/mol. The van der Waals surface area contributed by atoms with Crippen LogP contribution in [0.15, 0.2) is 59.3 Å². The molecule has 160 valence electrons. The van der Waals surface area contributed by atoms with Crippen molar-refractivity contribution in [3.63, 3.8) is 0 Å². The number of nitrogens with zero attached hydrogens (tertiary/aromatic N) is 4. The number of halogens is 1. The van der Waals surface area contributed by atoms with E-state index in [0.29, 0.717) is 30.4 Å². The van der Waals surface area contributed by atoms with Crippen molar-refractivity contribution in [2.45, 2.75) is 38.8 Å². The Kier molecular flexibility index (Phi) is 5.31. The third-order valence-corrected chi connectivity index (χ3v) is 4.76. The maximum atomic E-state index is 13.5. The number of hydrogen-bond donors (Lipinski definition) is 0. The first-order valence-electron chi connectivity index (χ1n) is 9.92. The lowest BCUT2D eigenvalue weighted by atomic mass is 10.1. The van der Waals surface area contributed by atoms with Crippen LogP contribution in [0.25, 0.3) is 22.6 Å². The second-order valence-electron chi connectivity index (χ2n) is 8.48. The van der Waals surface area contributed by atoms with E-state index in [-0.39, 0.29) is 5.82 Å². The number of benzene rings is 1. The summed E-state index contributed by atoms with van der Waals surface area (Å²) in [4.78, 5) is 23.0. The van der Waals surface area contributed by atoms with E-state index in [1.807, 2.05) is 32.9 Å². The highest BCUT2D eigenvalue weighted by Crippen LogP contribution is 2.35. The summed E-state index contributed by atoms with van der Waals surface area (Å²) in [5.74, 6) is 0.301. The van der Waals surface area contributed by atoms with E-state index in [4.69, 9.17) is 9.26 Å². The van der Waals surface area contributed by atoms with Crippen LogP contribution in [0.4, 0.5) is 9.18 Å². The molecule has 7 nitrogen and oxygen atoms in total. The Hall–Kier alpha value is -3.55. The summed E-state index contributed by atoms with van der Waals surface area (Å²) in [6.07, 6.45) is 1.70. The van der Waals surface area contributed by atoms with Crippen LogP contribution in [-0.2, 0) is 4.74 Å². The van der Waals surface area contributed by atoms with Crippen molar-refractivity contribution in [1.29, 1.82) is 0 Å². The number of pyridine rings is 1. The molecule has 8 heteroatoms. The molecule has 0 spiro atoms. The molecule has 3 aromatic rings.